The monoisotopic (exact) mass is 283 g/mol. The summed E-state index contributed by atoms with van der Waals surface area (Å²) in [5, 5.41) is 6.48. The number of carbonyl (C=O) groups is 1. The van der Waals surface area contributed by atoms with Crippen LogP contribution in [0.3, 0.4) is 0 Å². The van der Waals surface area contributed by atoms with Crippen molar-refractivity contribution in [3.63, 3.8) is 0 Å². The van der Waals surface area contributed by atoms with Crippen LogP contribution in [-0.2, 0) is 9.53 Å². The fraction of sp³-hybridized carbons (Fsp3) is 0.933. The number of piperidine rings is 1. The number of likely N-dealkylation sites (N-methyl/N-ethyl adjacent to an activating group) is 1. The molecule has 2 aliphatic rings. The molecule has 0 spiro atoms. The van der Waals surface area contributed by atoms with Crippen LogP contribution in [0.5, 0.6) is 0 Å². The van der Waals surface area contributed by atoms with Gasteiger partial charge in [-0.15, -0.1) is 0 Å². The molecule has 2 aliphatic heterocycles. The van der Waals surface area contributed by atoms with Crippen molar-refractivity contribution in [2.24, 2.45) is 0 Å². The number of carbonyl (C=O) groups excluding carboxylic acids is 1. The third kappa shape index (κ3) is 4.72. The van der Waals surface area contributed by atoms with Crippen molar-refractivity contribution in [3.8, 4) is 0 Å². The summed E-state index contributed by atoms with van der Waals surface area (Å²) in [7, 11) is 1.70. The summed E-state index contributed by atoms with van der Waals surface area (Å²) in [4.78, 5) is 13.6. The van der Waals surface area contributed by atoms with Crippen LogP contribution in [-0.4, -0.2) is 61.8 Å². The number of ether oxygens (including phenoxy) is 1. The lowest BCUT2D eigenvalue weighted by Crippen LogP contribution is -2.51. The van der Waals surface area contributed by atoms with Crippen LogP contribution in [0.1, 0.15) is 39.5 Å². The molecular formula is C15H29N3O2. The number of hydrogen-bond donors (Lipinski definition) is 2. The van der Waals surface area contributed by atoms with E-state index in [0.717, 1.165) is 45.4 Å². The Labute approximate surface area is 122 Å². The van der Waals surface area contributed by atoms with Gasteiger partial charge < -0.3 is 15.4 Å². The Balaban J connectivity index is 1.70. The first-order valence-corrected chi connectivity index (χ1v) is 7.81. The normalized spacial score (nSPS) is 28.2. The maximum Gasteiger partial charge on any atom is 0.233 e. The number of hydrogen-bond acceptors (Lipinski definition) is 4. The average molecular weight is 283 g/mol. The van der Waals surface area contributed by atoms with Crippen LogP contribution in [0.4, 0.5) is 0 Å². The molecule has 0 bridgehead atoms. The predicted molar refractivity (Wildman–Crippen MR) is 79.7 cm³/mol. The zero-order valence-corrected chi connectivity index (χ0v) is 13.1. The molecule has 0 aromatic carbocycles. The van der Waals surface area contributed by atoms with Crippen molar-refractivity contribution in [3.05, 3.63) is 0 Å². The van der Waals surface area contributed by atoms with Gasteiger partial charge in [-0.2, -0.15) is 0 Å². The molecule has 2 rings (SSSR count). The SMILES string of the molecule is CNC(=O)CN1CCC(NC2CCOC(C)(C)C2)CC1. The summed E-state index contributed by atoms with van der Waals surface area (Å²) >= 11 is 0. The number of nitrogens with one attached hydrogen (secondary N) is 2. The molecule has 5 heteroatoms. The fourth-order valence-electron chi connectivity index (χ4n) is 3.25. The van der Waals surface area contributed by atoms with Crippen molar-refractivity contribution in [1.29, 1.82) is 0 Å². The van der Waals surface area contributed by atoms with Crippen molar-refractivity contribution < 1.29 is 9.53 Å². The van der Waals surface area contributed by atoms with Crippen LogP contribution >= 0.6 is 0 Å². The number of likely N-dealkylation sites (tertiary alicyclic amines) is 1. The quantitative estimate of drug-likeness (QED) is 0.799. The predicted octanol–water partition coefficient (Wildman–Crippen LogP) is 0.744. The Bertz CT molecular complexity index is 325. The van der Waals surface area contributed by atoms with Gasteiger partial charge in [0, 0.05) is 38.8 Å². The molecule has 0 aromatic rings. The first kappa shape index (κ1) is 15.7. The third-order valence-corrected chi connectivity index (χ3v) is 4.40. The Morgan fingerprint density at radius 3 is 2.55 bits per heavy atom. The molecule has 0 aliphatic carbocycles. The number of amides is 1. The molecule has 116 valence electrons. The second-order valence-electron chi connectivity index (χ2n) is 6.69. The number of nitrogens with zero attached hydrogens (tertiary/aromatic N) is 1. The fourth-order valence-corrected chi connectivity index (χ4v) is 3.25. The largest absolute Gasteiger partial charge is 0.375 e. The van der Waals surface area contributed by atoms with Crippen molar-refractivity contribution in [1.82, 2.24) is 15.5 Å². The third-order valence-electron chi connectivity index (χ3n) is 4.40. The summed E-state index contributed by atoms with van der Waals surface area (Å²) in [6.45, 7) is 7.77. The molecule has 0 aromatic heterocycles. The smallest absolute Gasteiger partial charge is 0.233 e. The van der Waals surface area contributed by atoms with Gasteiger partial charge in [0.25, 0.3) is 0 Å². The lowest BCUT2D eigenvalue weighted by Gasteiger charge is -2.39. The van der Waals surface area contributed by atoms with E-state index in [4.69, 9.17) is 4.74 Å². The molecule has 2 N–H and O–H groups in total. The minimum atomic E-state index is 0.00976. The molecule has 20 heavy (non-hydrogen) atoms. The summed E-state index contributed by atoms with van der Waals surface area (Å²) in [6.07, 6.45) is 4.47. The van der Waals surface area contributed by atoms with Crippen LogP contribution in [0.2, 0.25) is 0 Å². The zero-order valence-electron chi connectivity index (χ0n) is 13.1. The molecule has 1 amide bonds. The zero-order chi connectivity index (χ0) is 14.6. The van der Waals surface area contributed by atoms with Crippen LogP contribution in [0.15, 0.2) is 0 Å². The van der Waals surface area contributed by atoms with E-state index in [9.17, 15) is 4.79 Å². The summed E-state index contributed by atoms with van der Waals surface area (Å²) in [5.41, 5.74) is 0.00976. The molecule has 0 radical (unpaired) electrons. The molecule has 5 nitrogen and oxygen atoms in total. The van der Waals surface area contributed by atoms with Crippen LogP contribution in [0, 0.1) is 0 Å². The van der Waals surface area contributed by atoms with E-state index in [1.54, 1.807) is 7.05 Å². The standard InChI is InChI=1S/C15H29N3O2/c1-15(2)10-13(6-9-20-15)17-12-4-7-18(8-5-12)11-14(19)16-3/h12-13,17H,4-11H2,1-3H3,(H,16,19). The van der Waals surface area contributed by atoms with Gasteiger partial charge in [0.05, 0.1) is 12.1 Å². The van der Waals surface area contributed by atoms with Gasteiger partial charge in [0.2, 0.25) is 5.91 Å². The summed E-state index contributed by atoms with van der Waals surface area (Å²) in [5.74, 6) is 0.114. The van der Waals surface area contributed by atoms with Gasteiger partial charge in [0.1, 0.15) is 0 Å². The Morgan fingerprint density at radius 1 is 1.25 bits per heavy atom. The van der Waals surface area contributed by atoms with Gasteiger partial charge in [-0.1, -0.05) is 0 Å². The second kappa shape index (κ2) is 6.87. The van der Waals surface area contributed by atoms with E-state index in [0.29, 0.717) is 18.6 Å². The highest BCUT2D eigenvalue weighted by molar-refractivity contribution is 5.77. The van der Waals surface area contributed by atoms with Gasteiger partial charge >= 0.3 is 0 Å². The molecule has 0 saturated carbocycles. The van der Waals surface area contributed by atoms with E-state index < -0.39 is 0 Å². The number of rotatable bonds is 4. The highest BCUT2D eigenvalue weighted by atomic mass is 16.5. The summed E-state index contributed by atoms with van der Waals surface area (Å²) < 4.78 is 5.77. The molecule has 1 unspecified atom stereocenters. The Kier molecular flexibility index (Phi) is 5.41. The first-order chi connectivity index (χ1) is 9.48. The first-order valence-electron chi connectivity index (χ1n) is 7.81. The highest BCUT2D eigenvalue weighted by Gasteiger charge is 2.30. The molecule has 2 heterocycles. The topological polar surface area (TPSA) is 53.6 Å². The molecule has 2 saturated heterocycles. The summed E-state index contributed by atoms with van der Waals surface area (Å²) in [6, 6.07) is 1.17. The Morgan fingerprint density at radius 2 is 1.95 bits per heavy atom. The Hall–Kier alpha value is -0.650. The van der Waals surface area contributed by atoms with E-state index in [2.05, 4.69) is 29.4 Å². The molecule has 2 fully saturated rings. The average Bonchev–Trinajstić information content (AvgIpc) is 2.40. The minimum absolute atomic E-state index is 0.00976. The highest BCUT2D eigenvalue weighted by Crippen LogP contribution is 2.25. The van der Waals surface area contributed by atoms with Gasteiger partial charge in [-0.3, -0.25) is 9.69 Å². The second-order valence-corrected chi connectivity index (χ2v) is 6.69. The van der Waals surface area contributed by atoms with Gasteiger partial charge in [-0.25, -0.2) is 0 Å². The van der Waals surface area contributed by atoms with E-state index in [1.807, 2.05) is 0 Å². The molecular weight excluding hydrogens is 254 g/mol. The van der Waals surface area contributed by atoms with Crippen LogP contribution < -0.4 is 10.6 Å². The minimum Gasteiger partial charge on any atom is -0.375 e. The molecule has 1 atom stereocenters. The van der Waals surface area contributed by atoms with Gasteiger partial charge in [-0.05, 0) is 39.5 Å². The van der Waals surface area contributed by atoms with E-state index >= 15 is 0 Å². The lowest BCUT2D eigenvalue weighted by atomic mass is 9.92. The van der Waals surface area contributed by atoms with E-state index in [1.165, 1.54) is 0 Å². The maximum absolute atomic E-state index is 11.4. The van der Waals surface area contributed by atoms with E-state index in [-0.39, 0.29) is 11.5 Å². The van der Waals surface area contributed by atoms with Crippen molar-refractivity contribution in [2.45, 2.75) is 57.2 Å². The maximum atomic E-state index is 11.4. The van der Waals surface area contributed by atoms with Crippen molar-refractivity contribution >= 4 is 5.91 Å². The lowest BCUT2D eigenvalue weighted by molar-refractivity contribution is -0.122. The van der Waals surface area contributed by atoms with Crippen LogP contribution in [0.25, 0.3) is 0 Å². The van der Waals surface area contributed by atoms with Crippen molar-refractivity contribution in [2.75, 3.05) is 33.3 Å². The van der Waals surface area contributed by atoms with Gasteiger partial charge in [0.15, 0.2) is 0 Å².